The van der Waals surface area contributed by atoms with Gasteiger partial charge in [0.25, 0.3) is 5.91 Å². The van der Waals surface area contributed by atoms with E-state index in [0.717, 1.165) is 0 Å². The highest BCUT2D eigenvalue weighted by Gasteiger charge is 2.41. The quantitative estimate of drug-likeness (QED) is 0.255. The number of nitrogens with two attached hydrogens (primary N) is 1. The van der Waals surface area contributed by atoms with E-state index in [4.69, 9.17) is 17.4 Å². The number of aromatic nitrogens is 3. The van der Waals surface area contributed by atoms with Gasteiger partial charge in [-0.05, 0) is 29.7 Å². The predicted octanol–water partition coefficient (Wildman–Crippen LogP) is 4.26. The van der Waals surface area contributed by atoms with E-state index in [1.165, 1.54) is 36.5 Å². The number of fused-ring (bicyclic) bond motifs is 1. The average molecular weight is 481 g/mol. The molecule has 1 aromatic carbocycles. The molecule has 3 aromatic heterocycles. The molecule has 0 atom stereocenters. The molecule has 0 unspecified atom stereocenters. The highest BCUT2D eigenvalue weighted by molar-refractivity contribution is 7.08. The number of carbonyl (C=O) groups excluding carboxylic acids is 1. The molecule has 0 aliphatic heterocycles. The third-order valence-corrected chi connectivity index (χ3v) is 5.57. The van der Waals surface area contributed by atoms with Gasteiger partial charge in [-0.2, -0.15) is 17.5 Å². The van der Waals surface area contributed by atoms with Crippen molar-refractivity contribution in [3.05, 3.63) is 68.4 Å². The van der Waals surface area contributed by atoms with Gasteiger partial charge in [0.05, 0.1) is 22.6 Å². The Bertz CT molecular complexity index is 1400. The van der Waals surface area contributed by atoms with Gasteiger partial charge < -0.3 is 15.7 Å². The standard InChI is InChI=1S/C19H12ClF3N6O2S/c20-11-6-8(7-25-17(11)28-24)26-18(31)16-14(19(21,22)23)15(29-32-16)10-2-1-3-12-9(10)4-5-13(30)27-12/h1-7H,24H2,(H,25,28)(H,26,31)(H,27,30). The van der Waals surface area contributed by atoms with Crippen molar-refractivity contribution in [3.63, 3.8) is 0 Å². The topological polar surface area (TPSA) is 126 Å². The number of hydrazine groups is 1. The van der Waals surface area contributed by atoms with Crippen molar-refractivity contribution < 1.29 is 18.0 Å². The molecule has 0 radical (unpaired) electrons. The molecular weight excluding hydrogens is 469 g/mol. The summed E-state index contributed by atoms with van der Waals surface area (Å²) in [4.78, 5) is 30.1. The van der Waals surface area contributed by atoms with Crippen LogP contribution in [0.4, 0.5) is 24.7 Å². The number of hydrogen-bond donors (Lipinski definition) is 4. The molecule has 1 amide bonds. The van der Waals surface area contributed by atoms with E-state index in [0.29, 0.717) is 22.4 Å². The number of halogens is 4. The van der Waals surface area contributed by atoms with Crippen LogP contribution in [0.3, 0.4) is 0 Å². The second-order valence-corrected chi connectivity index (χ2v) is 7.66. The monoisotopic (exact) mass is 480 g/mol. The lowest BCUT2D eigenvalue weighted by Gasteiger charge is -2.12. The molecule has 0 bridgehead atoms. The molecular formula is C19H12ClF3N6O2S. The van der Waals surface area contributed by atoms with E-state index in [9.17, 15) is 22.8 Å². The largest absolute Gasteiger partial charge is 0.420 e. The van der Waals surface area contributed by atoms with Gasteiger partial charge in [-0.1, -0.05) is 23.7 Å². The summed E-state index contributed by atoms with van der Waals surface area (Å²) < 4.78 is 46.0. The number of nitrogens with zero attached hydrogens (tertiary/aromatic N) is 2. The molecule has 0 aliphatic rings. The normalized spacial score (nSPS) is 11.5. The molecule has 4 rings (SSSR count). The van der Waals surface area contributed by atoms with Crippen LogP contribution < -0.4 is 22.1 Å². The highest BCUT2D eigenvalue weighted by atomic mass is 35.5. The molecule has 0 saturated carbocycles. The van der Waals surface area contributed by atoms with Gasteiger partial charge in [0.15, 0.2) is 5.82 Å². The fourth-order valence-electron chi connectivity index (χ4n) is 3.09. The number of anilines is 2. The van der Waals surface area contributed by atoms with E-state index in [1.54, 1.807) is 6.07 Å². The number of hydrogen-bond acceptors (Lipinski definition) is 7. The SMILES string of the molecule is NNc1ncc(NC(=O)c2snc(-c3cccc4[nH]c(=O)ccc34)c2C(F)(F)F)cc1Cl. The summed E-state index contributed by atoms with van der Waals surface area (Å²) in [6.45, 7) is 0. The van der Waals surface area contributed by atoms with E-state index in [2.05, 4.69) is 25.1 Å². The number of amides is 1. The van der Waals surface area contributed by atoms with Crippen molar-refractivity contribution in [2.75, 3.05) is 10.7 Å². The molecule has 0 fully saturated rings. The number of H-pyrrole nitrogens is 1. The van der Waals surface area contributed by atoms with Gasteiger partial charge in [0.2, 0.25) is 5.56 Å². The Morgan fingerprint density at radius 3 is 2.69 bits per heavy atom. The number of aromatic amines is 1. The Morgan fingerprint density at radius 2 is 2.00 bits per heavy atom. The fourth-order valence-corrected chi connectivity index (χ4v) is 4.12. The summed E-state index contributed by atoms with van der Waals surface area (Å²) >= 11 is 6.35. The molecule has 3 heterocycles. The van der Waals surface area contributed by atoms with Crippen molar-refractivity contribution in [2.24, 2.45) is 5.84 Å². The van der Waals surface area contributed by atoms with Crippen LogP contribution in [0.1, 0.15) is 15.2 Å². The van der Waals surface area contributed by atoms with Crippen LogP contribution in [0, 0.1) is 0 Å². The number of pyridine rings is 2. The van der Waals surface area contributed by atoms with Crippen molar-refractivity contribution in [1.29, 1.82) is 0 Å². The van der Waals surface area contributed by atoms with Gasteiger partial charge in [-0.15, -0.1) is 0 Å². The van der Waals surface area contributed by atoms with Gasteiger partial charge in [-0.25, -0.2) is 10.8 Å². The Labute approximate surface area is 186 Å². The molecule has 164 valence electrons. The fraction of sp³-hybridized carbons (Fsp3) is 0.0526. The Kier molecular flexibility index (Phi) is 5.59. The number of benzene rings is 1. The smallest absolute Gasteiger partial charge is 0.322 e. The molecule has 8 nitrogen and oxygen atoms in total. The lowest BCUT2D eigenvalue weighted by Crippen LogP contribution is -2.17. The zero-order valence-corrected chi connectivity index (χ0v) is 17.3. The maximum Gasteiger partial charge on any atom is 0.420 e. The zero-order valence-electron chi connectivity index (χ0n) is 15.7. The summed E-state index contributed by atoms with van der Waals surface area (Å²) in [5.41, 5.74) is 0.797. The van der Waals surface area contributed by atoms with E-state index >= 15 is 0 Å². The maximum atomic E-state index is 14.0. The number of alkyl halides is 3. The van der Waals surface area contributed by atoms with Crippen LogP contribution in [-0.4, -0.2) is 20.2 Å². The van der Waals surface area contributed by atoms with E-state index in [-0.39, 0.29) is 22.1 Å². The first-order valence-corrected chi connectivity index (χ1v) is 9.97. The third-order valence-electron chi connectivity index (χ3n) is 4.44. The first-order valence-electron chi connectivity index (χ1n) is 8.82. The number of carbonyl (C=O) groups is 1. The molecule has 32 heavy (non-hydrogen) atoms. The summed E-state index contributed by atoms with van der Waals surface area (Å²) in [5.74, 6) is 4.34. The molecule has 5 N–H and O–H groups in total. The second kappa shape index (κ2) is 8.22. The van der Waals surface area contributed by atoms with Crippen LogP contribution in [0.25, 0.3) is 22.2 Å². The predicted molar refractivity (Wildman–Crippen MR) is 116 cm³/mol. The minimum atomic E-state index is -4.87. The third kappa shape index (κ3) is 4.02. The maximum absolute atomic E-state index is 14.0. The van der Waals surface area contributed by atoms with Crippen LogP contribution in [0.2, 0.25) is 5.02 Å². The molecule has 0 spiro atoms. The van der Waals surface area contributed by atoms with Crippen molar-refractivity contribution in [1.82, 2.24) is 14.3 Å². The summed E-state index contributed by atoms with van der Waals surface area (Å²) in [6, 6.07) is 8.39. The number of rotatable bonds is 4. The number of nitrogens with one attached hydrogen (secondary N) is 3. The van der Waals surface area contributed by atoms with Gasteiger partial charge in [0.1, 0.15) is 10.4 Å². The van der Waals surface area contributed by atoms with E-state index in [1.807, 2.05) is 0 Å². The van der Waals surface area contributed by atoms with Gasteiger partial charge in [0, 0.05) is 22.5 Å². The Hall–Kier alpha value is -3.48. The van der Waals surface area contributed by atoms with Crippen LogP contribution in [0.5, 0.6) is 0 Å². The first kappa shape index (κ1) is 21.7. The van der Waals surface area contributed by atoms with Crippen molar-refractivity contribution in [3.8, 4) is 11.3 Å². The lowest BCUT2D eigenvalue weighted by atomic mass is 10.0. The Balaban J connectivity index is 1.80. The molecule has 4 aromatic rings. The molecule has 0 aliphatic carbocycles. The van der Waals surface area contributed by atoms with Gasteiger partial charge in [-0.3, -0.25) is 9.59 Å². The summed E-state index contributed by atoms with van der Waals surface area (Å²) in [7, 11) is 0. The first-order chi connectivity index (χ1) is 15.2. The minimum Gasteiger partial charge on any atom is -0.322 e. The van der Waals surface area contributed by atoms with Crippen LogP contribution in [-0.2, 0) is 6.18 Å². The van der Waals surface area contributed by atoms with E-state index < -0.39 is 33.8 Å². The Morgan fingerprint density at radius 1 is 1.22 bits per heavy atom. The second-order valence-electron chi connectivity index (χ2n) is 6.48. The number of nitrogen functional groups attached to an aromatic ring is 1. The summed E-state index contributed by atoms with van der Waals surface area (Å²) in [6.07, 6.45) is -3.68. The highest BCUT2D eigenvalue weighted by Crippen LogP contribution is 2.42. The van der Waals surface area contributed by atoms with Gasteiger partial charge >= 0.3 is 6.18 Å². The minimum absolute atomic E-state index is 0.0658. The molecule has 0 saturated heterocycles. The van der Waals surface area contributed by atoms with Crippen LogP contribution in [0.15, 0.2) is 47.4 Å². The van der Waals surface area contributed by atoms with Crippen molar-refractivity contribution >= 4 is 51.4 Å². The zero-order chi connectivity index (χ0) is 23.0. The average Bonchev–Trinajstić information content (AvgIpc) is 3.19. The molecule has 13 heteroatoms. The lowest BCUT2D eigenvalue weighted by molar-refractivity contribution is -0.137. The van der Waals surface area contributed by atoms with Crippen LogP contribution >= 0.6 is 23.1 Å². The van der Waals surface area contributed by atoms with Crippen molar-refractivity contribution in [2.45, 2.75) is 6.18 Å². The summed E-state index contributed by atoms with van der Waals surface area (Å²) in [5, 5.41) is 2.76.